The lowest BCUT2D eigenvalue weighted by Crippen LogP contribution is -2.64. The van der Waals surface area contributed by atoms with Crippen molar-refractivity contribution in [1.82, 2.24) is 0 Å². The molecule has 3 saturated carbocycles. The molecule has 0 heterocycles. The van der Waals surface area contributed by atoms with Gasteiger partial charge in [0.1, 0.15) is 0 Å². The molecule has 2 bridgehead atoms. The zero-order valence-corrected chi connectivity index (χ0v) is 21.9. The van der Waals surface area contributed by atoms with Gasteiger partial charge in [-0.2, -0.15) is 0 Å². The standard InChI is InChI=1S/C23H44O3Si2/c1-18(21(24)25-15-16-27(4,5)6)11-10-13-22(2)19-12-14-23(3,20(22)17-19)26-28(7,8)9/h11,19-20H,10,12-17H2,1-9H3/b18-11+/t19-,20+,22-,23+/m0/s1. The predicted molar refractivity (Wildman–Crippen MR) is 124 cm³/mol. The highest BCUT2D eigenvalue weighted by atomic mass is 28.4. The summed E-state index contributed by atoms with van der Waals surface area (Å²) in [5.74, 6) is 1.35. The minimum absolute atomic E-state index is 0.0442. The first-order chi connectivity index (χ1) is 12.7. The summed E-state index contributed by atoms with van der Waals surface area (Å²) in [6.45, 7) is 21.1. The van der Waals surface area contributed by atoms with Crippen LogP contribution in [0.25, 0.3) is 0 Å². The topological polar surface area (TPSA) is 35.5 Å². The zero-order chi connectivity index (χ0) is 21.4. The number of carbonyl (C=O) groups excluding carboxylic acids is 1. The summed E-state index contributed by atoms with van der Waals surface area (Å²) >= 11 is 0. The first-order valence-corrected chi connectivity index (χ1v) is 18.3. The normalized spacial score (nSPS) is 33.4. The number of fused-ring (bicyclic) bond motifs is 2. The zero-order valence-electron chi connectivity index (χ0n) is 19.9. The molecule has 3 rings (SSSR count). The number of ether oxygens (including phenoxy) is 1. The molecule has 4 atom stereocenters. The van der Waals surface area contributed by atoms with Crippen molar-refractivity contribution in [3.63, 3.8) is 0 Å². The molecule has 0 aromatic heterocycles. The average molecular weight is 425 g/mol. The number of rotatable bonds is 9. The summed E-state index contributed by atoms with van der Waals surface area (Å²) in [6.07, 6.45) is 8.02. The molecule has 0 aliphatic heterocycles. The second kappa shape index (κ2) is 8.39. The molecule has 0 amide bonds. The molecule has 5 heteroatoms. The van der Waals surface area contributed by atoms with Gasteiger partial charge < -0.3 is 9.16 Å². The first-order valence-electron chi connectivity index (χ1n) is 11.2. The summed E-state index contributed by atoms with van der Waals surface area (Å²) in [5, 5.41) is 0. The van der Waals surface area contributed by atoms with Gasteiger partial charge in [0, 0.05) is 13.6 Å². The molecule has 3 fully saturated rings. The maximum Gasteiger partial charge on any atom is 0.333 e. The highest BCUT2D eigenvalue weighted by Crippen LogP contribution is 2.66. The van der Waals surface area contributed by atoms with E-state index < -0.39 is 16.4 Å². The van der Waals surface area contributed by atoms with Crippen molar-refractivity contribution in [3.05, 3.63) is 11.6 Å². The van der Waals surface area contributed by atoms with E-state index >= 15 is 0 Å². The highest BCUT2D eigenvalue weighted by Gasteiger charge is 2.62. The summed E-state index contributed by atoms with van der Waals surface area (Å²) in [5.41, 5.74) is 1.16. The second-order valence-corrected chi connectivity index (χ2v) is 22.0. The Bertz CT molecular complexity index is 600. The molecule has 0 N–H and O–H groups in total. The van der Waals surface area contributed by atoms with Gasteiger partial charge in [-0.05, 0) is 88.9 Å². The Kier molecular flexibility index (Phi) is 7.15. The number of hydrogen-bond acceptors (Lipinski definition) is 3. The van der Waals surface area contributed by atoms with E-state index in [1.54, 1.807) is 0 Å². The number of esters is 1. The summed E-state index contributed by atoms with van der Waals surface area (Å²) < 4.78 is 12.2. The molecular weight excluding hydrogens is 380 g/mol. The van der Waals surface area contributed by atoms with E-state index in [1.807, 2.05) is 6.92 Å². The Morgan fingerprint density at radius 2 is 1.79 bits per heavy atom. The van der Waals surface area contributed by atoms with Gasteiger partial charge in [-0.15, -0.1) is 0 Å². The maximum absolute atomic E-state index is 12.2. The van der Waals surface area contributed by atoms with Crippen LogP contribution in [0, 0.1) is 17.3 Å². The van der Waals surface area contributed by atoms with E-state index in [9.17, 15) is 4.79 Å². The summed E-state index contributed by atoms with van der Waals surface area (Å²) in [7, 11) is -2.71. The van der Waals surface area contributed by atoms with Gasteiger partial charge in [0.2, 0.25) is 0 Å². The van der Waals surface area contributed by atoms with Gasteiger partial charge in [-0.1, -0.05) is 32.6 Å². The first kappa shape index (κ1) is 23.9. The van der Waals surface area contributed by atoms with E-state index in [-0.39, 0.29) is 11.6 Å². The van der Waals surface area contributed by atoms with Gasteiger partial charge in [-0.25, -0.2) is 4.79 Å². The highest BCUT2D eigenvalue weighted by molar-refractivity contribution is 6.76. The fourth-order valence-electron chi connectivity index (χ4n) is 5.42. The molecule has 0 spiro atoms. The van der Waals surface area contributed by atoms with Crippen LogP contribution in [0.2, 0.25) is 45.3 Å². The van der Waals surface area contributed by atoms with Gasteiger partial charge in [-0.3, -0.25) is 0 Å². The van der Waals surface area contributed by atoms with Gasteiger partial charge in [0.15, 0.2) is 8.32 Å². The van der Waals surface area contributed by atoms with Crippen molar-refractivity contribution in [2.45, 2.75) is 104 Å². The Morgan fingerprint density at radius 3 is 2.32 bits per heavy atom. The van der Waals surface area contributed by atoms with Crippen LogP contribution in [-0.2, 0) is 14.0 Å². The van der Waals surface area contributed by atoms with Crippen molar-refractivity contribution in [3.8, 4) is 0 Å². The molecule has 3 aliphatic carbocycles. The number of allylic oxidation sites excluding steroid dienone is 1. The van der Waals surface area contributed by atoms with Crippen molar-refractivity contribution in [1.29, 1.82) is 0 Å². The lowest BCUT2D eigenvalue weighted by atomic mass is 9.42. The largest absolute Gasteiger partial charge is 0.463 e. The molecule has 0 aromatic carbocycles. The summed E-state index contributed by atoms with van der Waals surface area (Å²) in [4.78, 5) is 12.2. The monoisotopic (exact) mass is 424 g/mol. The summed E-state index contributed by atoms with van der Waals surface area (Å²) in [6, 6.07) is 1.03. The van der Waals surface area contributed by atoms with Crippen LogP contribution in [-0.4, -0.2) is 34.6 Å². The third kappa shape index (κ3) is 5.82. The van der Waals surface area contributed by atoms with Gasteiger partial charge in [0.05, 0.1) is 12.2 Å². The predicted octanol–water partition coefficient (Wildman–Crippen LogP) is 6.64. The van der Waals surface area contributed by atoms with E-state index in [2.05, 4.69) is 59.2 Å². The maximum atomic E-state index is 12.2. The second-order valence-electron chi connectivity index (χ2n) is 11.9. The Balaban J connectivity index is 1.89. The minimum atomic E-state index is -1.56. The molecule has 162 valence electrons. The molecule has 0 radical (unpaired) electrons. The van der Waals surface area contributed by atoms with Crippen LogP contribution >= 0.6 is 0 Å². The molecule has 0 aromatic rings. The lowest BCUT2D eigenvalue weighted by Gasteiger charge is -2.66. The number of carbonyl (C=O) groups is 1. The Hall–Kier alpha value is -0.396. The molecule has 3 nitrogen and oxygen atoms in total. The fourth-order valence-corrected chi connectivity index (χ4v) is 7.78. The van der Waals surface area contributed by atoms with E-state index in [0.717, 1.165) is 30.4 Å². The van der Waals surface area contributed by atoms with Crippen LogP contribution in [0.4, 0.5) is 0 Å². The van der Waals surface area contributed by atoms with Crippen LogP contribution in [0.5, 0.6) is 0 Å². The Morgan fingerprint density at radius 1 is 1.14 bits per heavy atom. The van der Waals surface area contributed by atoms with Gasteiger partial charge >= 0.3 is 5.97 Å². The van der Waals surface area contributed by atoms with Crippen LogP contribution in [0.15, 0.2) is 11.6 Å². The average Bonchev–Trinajstić information content (AvgIpc) is 2.50. The van der Waals surface area contributed by atoms with Crippen molar-refractivity contribution >= 4 is 22.4 Å². The lowest BCUT2D eigenvalue weighted by molar-refractivity contribution is -0.195. The number of hydrogen-bond donors (Lipinski definition) is 0. The van der Waals surface area contributed by atoms with E-state index in [1.165, 1.54) is 19.3 Å². The quantitative estimate of drug-likeness (QED) is 0.236. The van der Waals surface area contributed by atoms with Crippen LogP contribution in [0.1, 0.15) is 52.9 Å². The Labute approximate surface area is 175 Å². The minimum Gasteiger partial charge on any atom is -0.463 e. The molecule has 28 heavy (non-hydrogen) atoms. The van der Waals surface area contributed by atoms with Crippen LogP contribution < -0.4 is 0 Å². The van der Waals surface area contributed by atoms with E-state index in [4.69, 9.17) is 9.16 Å². The molecule has 0 saturated heterocycles. The SMILES string of the molecule is C/C(=C\CC[C@@]1(C)[C@H]2CC[C@@](C)(O[Si](C)(C)C)[C@@H]1C2)C(=O)OCC[Si](C)(C)C. The van der Waals surface area contributed by atoms with Crippen LogP contribution in [0.3, 0.4) is 0 Å². The fraction of sp³-hybridized carbons (Fsp3) is 0.870. The van der Waals surface area contributed by atoms with Crippen molar-refractivity contribution in [2.75, 3.05) is 6.61 Å². The smallest absolute Gasteiger partial charge is 0.333 e. The molecular formula is C23H44O3Si2. The third-order valence-corrected chi connectivity index (χ3v) is 9.84. The molecule has 0 unspecified atom stereocenters. The van der Waals surface area contributed by atoms with Crippen molar-refractivity contribution < 1.29 is 14.0 Å². The third-order valence-electron chi connectivity index (χ3n) is 7.06. The van der Waals surface area contributed by atoms with Gasteiger partial charge in [0.25, 0.3) is 0 Å². The van der Waals surface area contributed by atoms with Crippen molar-refractivity contribution in [2.24, 2.45) is 17.3 Å². The van der Waals surface area contributed by atoms with E-state index in [0.29, 0.717) is 17.9 Å². The molecule has 3 aliphatic rings.